The standard InChI is InChI=1S/C18H17NO3/c1-21-16-10-8-14(9-11-16)5-4-12-19-18(20)15-6-3-7-17(13-15)22-2/h3,6-11,13H,12H2,1-2H3,(H,19,20). The molecule has 2 rings (SSSR count). The van der Waals surface area contributed by atoms with Crippen LogP contribution in [0.15, 0.2) is 48.5 Å². The number of amides is 1. The van der Waals surface area contributed by atoms with Gasteiger partial charge in [-0.3, -0.25) is 4.79 Å². The molecule has 2 aromatic rings. The van der Waals surface area contributed by atoms with Crippen molar-refractivity contribution in [3.63, 3.8) is 0 Å². The van der Waals surface area contributed by atoms with Crippen LogP contribution in [0.4, 0.5) is 0 Å². The summed E-state index contributed by atoms with van der Waals surface area (Å²) >= 11 is 0. The van der Waals surface area contributed by atoms with Crippen LogP contribution in [-0.2, 0) is 0 Å². The first-order chi connectivity index (χ1) is 10.7. The lowest BCUT2D eigenvalue weighted by atomic mass is 10.2. The van der Waals surface area contributed by atoms with Crippen LogP contribution in [0, 0.1) is 11.8 Å². The molecule has 0 bridgehead atoms. The van der Waals surface area contributed by atoms with Crippen molar-refractivity contribution in [3.05, 3.63) is 59.7 Å². The molecule has 4 heteroatoms. The van der Waals surface area contributed by atoms with Crippen molar-refractivity contribution >= 4 is 5.91 Å². The summed E-state index contributed by atoms with van der Waals surface area (Å²) < 4.78 is 10.2. The highest BCUT2D eigenvalue weighted by molar-refractivity contribution is 5.94. The molecule has 0 atom stereocenters. The quantitative estimate of drug-likeness (QED) is 0.882. The predicted octanol–water partition coefficient (Wildman–Crippen LogP) is 2.49. The summed E-state index contributed by atoms with van der Waals surface area (Å²) in [6, 6.07) is 14.4. The molecule has 0 saturated heterocycles. The molecule has 4 nitrogen and oxygen atoms in total. The van der Waals surface area contributed by atoms with Gasteiger partial charge in [0, 0.05) is 11.1 Å². The first-order valence-electron chi connectivity index (χ1n) is 6.78. The molecule has 0 saturated carbocycles. The number of methoxy groups -OCH3 is 2. The second-order valence-corrected chi connectivity index (χ2v) is 4.44. The van der Waals surface area contributed by atoms with E-state index < -0.39 is 0 Å². The number of ether oxygens (including phenoxy) is 2. The Morgan fingerprint density at radius 3 is 2.45 bits per heavy atom. The summed E-state index contributed by atoms with van der Waals surface area (Å²) in [4.78, 5) is 12.0. The Balaban J connectivity index is 1.90. The van der Waals surface area contributed by atoms with Crippen LogP contribution in [0.25, 0.3) is 0 Å². The van der Waals surface area contributed by atoms with Crippen LogP contribution in [-0.4, -0.2) is 26.7 Å². The SMILES string of the molecule is COc1ccc(C#CCNC(=O)c2cccc(OC)c2)cc1. The minimum atomic E-state index is -0.178. The lowest BCUT2D eigenvalue weighted by molar-refractivity contribution is 0.0958. The van der Waals surface area contributed by atoms with Crippen LogP contribution in [0.2, 0.25) is 0 Å². The first kappa shape index (κ1) is 15.5. The average Bonchev–Trinajstić information content (AvgIpc) is 2.59. The van der Waals surface area contributed by atoms with Crippen LogP contribution in [0.3, 0.4) is 0 Å². The Morgan fingerprint density at radius 2 is 1.77 bits per heavy atom. The van der Waals surface area contributed by atoms with E-state index in [-0.39, 0.29) is 12.5 Å². The summed E-state index contributed by atoms with van der Waals surface area (Å²) in [5, 5.41) is 2.75. The summed E-state index contributed by atoms with van der Waals surface area (Å²) in [5.74, 6) is 7.16. The van der Waals surface area contributed by atoms with Crippen LogP contribution in [0.1, 0.15) is 15.9 Å². The second kappa shape index (κ2) is 7.75. The van der Waals surface area contributed by atoms with Crippen LogP contribution >= 0.6 is 0 Å². The van der Waals surface area contributed by atoms with Crippen LogP contribution in [0.5, 0.6) is 11.5 Å². The zero-order chi connectivity index (χ0) is 15.8. The molecule has 0 fully saturated rings. The number of hydrogen-bond acceptors (Lipinski definition) is 3. The normalized spacial score (nSPS) is 9.36. The number of hydrogen-bond donors (Lipinski definition) is 1. The van der Waals surface area contributed by atoms with Crippen molar-refractivity contribution in [2.75, 3.05) is 20.8 Å². The molecule has 0 unspecified atom stereocenters. The van der Waals surface area contributed by atoms with E-state index in [9.17, 15) is 4.79 Å². The summed E-state index contributed by atoms with van der Waals surface area (Å²) in [5.41, 5.74) is 1.42. The minimum Gasteiger partial charge on any atom is -0.497 e. The first-order valence-corrected chi connectivity index (χ1v) is 6.78. The van der Waals surface area contributed by atoms with E-state index in [1.54, 1.807) is 38.5 Å². The van der Waals surface area contributed by atoms with Gasteiger partial charge in [-0.2, -0.15) is 0 Å². The maximum atomic E-state index is 12.0. The monoisotopic (exact) mass is 295 g/mol. The van der Waals surface area contributed by atoms with E-state index in [0.717, 1.165) is 11.3 Å². The van der Waals surface area contributed by atoms with Gasteiger partial charge in [-0.1, -0.05) is 17.9 Å². The molecule has 2 aromatic carbocycles. The van der Waals surface area contributed by atoms with Gasteiger partial charge in [0.25, 0.3) is 5.91 Å². The predicted molar refractivity (Wildman–Crippen MR) is 85.2 cm³/mol. The number of rotatable bonds is 4. The number of benzene rings is 2. The van der Waals surface area contributed by atoms with E-state index in [2.05, 4.69) is 17.2 Å². The molecular weight excluding hydrogens is 278 g/mol. The molecule has 0 aromatic heterocycles. The fourth-order valence-electron chi connectivity index (χ4n) is 1.81. The Kier molecular flexibility index (Phi) is 5.44. The fraction of sp³-hybridized carbons (Fsp3) is 0.167. The van der Waals surface area contributed by atoms with E-state index in [1.807, 2.05) is 24.3 Å². The third-order valence-corrected chi connectivity index (χ3v) is 2.99. The van der Waals surface area contributed by atoms with Crippen molar-refractivity contribution in [2.45, 2.75) is 0 Å². The molecule has 0 aliphatic carbocycles. The third-order valence-electron chi connectivity index (χ3n) is 2.99. The maximum Gasteiger partial charge on any atom is 0.252 e. The van der Waals surface area contributed by atoms with E-state index in [0.29, 0.717) is 11.3 Å². The Bertz CT molecular complexity index is 696. The highest BCUT2D eigenvalue weighted by Gasteiger charge is 2.04. The number of nitrogens with one attached hydrogen (secondary N) is 1. The molecule has 0 radical (unpaired) electrons. The van der Waals surface area contributed by atoms with E-state index >= 15 is 0 Å². The summed E-state index contributed by atoms with van der Waals surface area (Å²) in [6.45, 7) is 0.280. The van der Waals surface area contributed by atoms with Gasteiger partial charge in [0.2, 0.25) is 0 Å². The Hall–Kier alpha value is -2.93. The highest BCUT2D eigenvalue weighted by atomic mass is 16.5. The van der Waals surface area contributed by atoms with Crippen LogP contribution < -0.4 is 14.8 Å². The average molecular weight is 295 g/mol. The third kappa shape index (κ3) is 4.29. The smallest absolute Gasteiger partial charge is 0.252 e. The lowest BCUT2D eigenvalue weighted by Crippen LogP contribution is -2.23. The topological polar surface area (TPSA) is 47.6 Å². The second-order valence-electron chi connectivity index (χ2n) is 4.44. The van der Waals surface area contributed by atoms with Gasteiger partial charge >= 0.3 is 0 Å². The molecule has 1 N–H and O–H groups in total. The molecule has 112 valence electrons. The van der Waals surface area contributed by atoms with Crippen molar-refractivity contribution in [1.29, 1.82) is 0 Å². The van der Waals surface area contributed by atoms with Crippen molar-refractivity contribution in [2.24, 2.45) is 0 Å². The van der Waals surface area contributed by atoms with Gasteiger partial charge in [-0.15, -0.1) is 0 Å². The molecule has 1 amide bonds. The van der Waals surface area contributed by atoms with Crippen molar-refractivity contribution in [3.8, 4) is 23.3 Å². The fourth-order valence-corrected chi connectivity index (χ4v) is 1.81. The van der Waals surface area contributed by atoms with Gasteiger partial charge < -0.3 is 14.8 Å². The summed E-state index contributed by atoms with van der Waals surface area (Å²) in [7, 11) is 3.19. The van der Waals surface area contributed by atoms with Gasteiger partial charge in [0.15, 0.2) is 0 Å². The van der Waals surface area contributed by atoms with Crippen molar-refractivity contribution in [1.82, 2.24) is 5.32 Å². The van der Waals surface area contributed by atoms with E-state index in [1.165, 1.54) is 0 Å². The number of carbonyl (C=O) groups excluding carboxylic acids is 1. The zero-order valence-electron chi connectivity index (χ0n) is 12.6. The van der Waals surface area contributed by atoms with Gasteiger partial charge in [-0.25, -0.2) is 0 Å². The largest absolute Gasteiger partial charge is 0.497 e. The Morgan fingerprint density at radius 1 is 1.05 bits per heavy atom. The molecule has 0 aliphatic heterocycles. The summed E-state index contributed by atoms with van der Waals surface area (Å²) in [6.07, 6.45) is 0. The molecule has 0 aliphatic rings. The van der Waals surface area contributed by atoms with Gasteiger partial charge in [0.05, 0.1) is 20.8 Å². The van der Waals surface area contributed by atoms with Gasteiger partial charge in [0.1, 0.15) is 11.5 Å². The lowest BCUT2D eigenvalue weighted by Gasteiger charge is -2.03. The van der Waals surface area contributed by atoms with Crippen molar-refractivity contribution < 1.29 is 14.3 Å². The molecular formula is C18H17NO3. The molecule has 0 spiro atoms. The highest BCUT2D eigenvalue weighted by Crippen LogP contribution is 2.12. The zero-order valence-corrected chi connectivity index (χ0v) is 12.6. The van der Waals surface area contributed by atoms with Gasteiger partial charge in [-0.05, 0) is 42.5 Å². The van der Waals surface area contributed by atoms with E-state index in [4.69, 9.17) is 9.47 Å². The minimum absolute atomic E-state index is 0.178. The molecule has 0 heterocycles. The maximum absolute atomic E-state index is 12.0. The number of carbonyl (C=O) groups is 1. The molecule has 22 heavy (non-hydrogen) atoms. The Labute approximate surface area is 130 Å².